The van der Waals surface area contributed by atoms with E-state index in [1.165, 1.54) is 116 Å². The van der Waals surface area contributed by atoms with Gasteiger partial charge in [-0.2, -0.15) is 0 Å². The summed E-state index contributed by atoms with van der Waals surface area (Å²) in [6, 6.07) is 0. The first-order valence-electron chi connectivity index (χ1n) is 21.6. The first-order valence-corrected chi connectivity index (χ1v) is 21.6. The van der Waals surface area contributed by atoms with E-state index < -0.39 is 5.97 Å². The van der Waals surface area contributed by atoms with Gasteiger partial charge < -0.3 is 9.84 Å². The Morgan fingerprint density at radius 1 is 0.440 bits per heavy atom. The summed E-state index contributed by atoms with van der Waals surface area (Å²) < 4.78 is 6.03. The van der Waals surface area contributed by atoms with Crippen LogP contribution in [0.2, 0.25) is 0 Å². The molecule has 0 aromatic carbocycles. The monoisotopic (exact) mass is 699 g/mol. The van der Waals surface area contributed by atoms with Crippen molar-refractivity contribution in [1.29, 1.82) is 0 Å². The van der Waals surface area contributed by atoms with Crippen LogP contribution < -0.4 is 0 Å². The molecular formula is C46H82O4. The molecule has 0 aliphatic heterocycles. The van der Waals surface area contributed by atoms with Crippen molar-refractivity contribution < 1.29 is 19.4 Å². The van der Waals surface area contributed by atoms with Gasteiger partial charge in [0, 0.05) is 12.8 Å². The second-order valence-electron chi connectivity index (χ2n) is 14.5. The van der Waals surface area contributed by atoms with Gasteiger partial charge in [-0.1, -0.05) is 178 Å². The number of carbonyl (C=O) groups is 2. The Morgan fingerprint density at radius 2 is 0.780 bits per heavy atom. The predicted octanol–water partition coefficient (Wildman–Crippen LogP) is 15.1. The van der Waals surface area contributed by atoms with E-state index in [-0.39, 0.29) is 12.1 Å². The van der Waals surface area contributed by atoms with E-state index in [9.17, 15) is 9.59 Å². The van der Waals surface area contributed by atoms with Crippen molar-refractivity contribution in [2.75, 3.05) is 0 Å². The average molecular weight is 699 g/mol. The maximum absolute atomic E-state index is 12.7. The molecule has 0 saturated heterocycles. The number of hydrogen-bond donors (Lipinski definition) is 1. The highest BCUT2D eigenvalue weighted by atomic mass is 16.5. The number of rotatable bonds is 39. The Bertz CT molecular complexity index is 839. The summed E-state index contributed by atoms with van der Waals surface area (Å²) >= 11 is 0. The molecule has 0 amide bonds. The van der Waals surface area contributed by atoms with Gasteiger partial charge >= 0.3 is 11.9 Å². The van der Waals surface area contributed by atoms with E-state index in [4.69, 9.17) is 9.84 Å². The molecule has 0 aliphatic carbocycles. The number of esters is 1. The minimum Gasteiger partial charge on any atom is -0.481 e. The number of hydrogen-bond acceptors (Lipinski definition) is 3. The van der Waals surface area contributed by atoms with Gasteiger partial charge in [-0.25, -0.2) is 0 Å². The van der Waals surface area contributed by atoms with Crippen molar-refractivity contribution in [2.45, 2.75) is 232 Å². The van der Waals surface area contributed by atoms with Crippen molar-refractivity contribution in [3.63, 3.8) is 0 Å². The van der Waals surface area contributed by atoms with Gasteiger partial charge in [0.25, 0.3) is 0 Å². The van der Waals surface area contributed by atoms with Crippen LogP contribution in [0.3, 0.4) is 0 Å². The predicted molar refractivity (Wildman–Crippen MR) is 218 cm³/mol. The molecule has 1 N–H and O–H groups in total. The lowest BCUT2D eigenvalue weighted by atomic mass is 10.0. The van der Waals surface area contributed by atoms with Crippen molar-refractivity contribution in [2.24, 2.45) is 0 Å². The maximum atomic E-state index is 12.7. The molecule has 0 bridgehead atoms. The summed E-state index contributed by atoms with van der Waals surface area (Å²) in [5.74, 6) is -0.683. The molecule has 50 heavy (non-hydrogen) atoms. The third-order valence-corrected chi connectivity index (χ3v) is 9.55. The van der Waals surface area contributed by atoms with E-state index >= 15 is 0 Å². The fourth-order valence-electron chi connectivity index (χ4n) is 6.34. The summed E-state index contributed by atoms with van der Waals surface area (Å²) in [6.07, 6.45) is 55.7. The molecule has 1 unspecified atom stereocenters. The third kappa shape index (κ3) is 40.3. The van der Waals surface area contributed by atoms with Crippen LogP contribution in [0.15, 0.2) is 48.6 Å². The lowest BCUT2D eigenvalue weighted by Crippen LogP contribution is -2.18. The largest absolute Gasteiger partial charge is 0.481 e. The molecular weight excluding hydrogens is 617 g/mol. The van der Waals surface area contributed by atoms with Crippen molar-refractivity contribution >= 4 is 11.9 Å². The Kier molecular flexibility index (Phi) is 39.6. The average Bonchev–Trinajstić information content (AvgIpc) is 3.10. The standard InChI is InChI=1S/C46H82O4/c1-3-5-7-9-11-13-14-15-16-17-18-19-20-21-22-23-24-26-31-35-39-43-46(49)50-44(40-36-32-28-25-12-10-8-6-4-2)41-37-33-29-27-30-34-38-42-45(47)48/h11,13,15-16,18-19,21-22,44H,3-10,12,14,17,20,23-43H2,1-2H3,(H,47,48)/b13-11-,16-15-,19-18-,22-21-. The fraction of sp³-hybridized carbons (Fsp3) is 0.783. The molecule has 0 aliphatic rings. The minimum absolute atomic E-state index is 0.00507. The molecule has 4 heteroatoms. The SMILES string of the molecule is CCCCC/C=C\C/C=C\C/C=C\C/C=C\CCCCCCCC(=O)OC(CCCCCCCCCCC)CCCCCCCCCC(=O)O. The van der Waals surface area contributed by atoms with Gasteiger partial charge in [0.2, 0.25) is 0 Å². The lowest BCUT2D eigenvalue weighted by Gasteiger charge is -2.18. The number of carboxylic acids is 1. The lowest BCUT2D eigenvalue weighted by molar-refractivity contribution is -0.150. The highest BCUT2D eigenvalue weighted by Gasteiger charge is 2.14. The molecule has 0 aromatic heterocycles. The van der Waals surface area contributed by atoms with E-state index in [1.807, 2.05) is 0 Å². The van der Waals surface area contributed by atoms with Gasteiger partial charge in [-0.05, 0) is 83.5 Å². The minimum atomic E-state index is -0.688. The van der Waals surface area contributed by atoms with Gasteiger partial charge in [-0.15, -0.1) is 0 Å². The van der Waals surface area contributed by atoms with Crippen LogP contribution in [0.5, 0.6) is 0 Å². The molecule has 290 valence electrons. The molecule has 4 nitrogen and oxygen atoms in total. The van der Waals surface area contributed by atoms with Crippen LogP contribution in [-0.4, -0.2) is 23.1 Å². The molecule has 0 aromatic rings. The fourth-order valence-corrected chi connectivity index (χ4v) is 6.34. The normalized spacial score (nSPS) is 12.7. The van der Waals surface area contributed by atoms with Crippen LogP contribution in [0.1, 0.15) is 226 Å². The van der Waals surface area contributed by atoms with E-state index in [2.05, 4.69) is 62.5 Å². The summed E-state index contributed by atoms with van der Waals surface area (Å²) in [6.45, 7) is 4.52. The molecule has 0 heterocycles. The van der Waals surface area contributed by atoms with Crippen LogP contribution in [0.4, 0.5) is 0 Å². The molecule has 0 rings (SSSR count). The highest BCUT2D eigenvalue weighted by molar-refractivity contribution is 5.69. The number of allylic oxidation sites excluding steroid dienone is 8. The first-order chi connectivity index (χ1) is 24.6. The zero-order chi connectivity index (χ0) is 36.4. The summed E-state index contributed by atoms with van der Waals surface area (Å²) in [5.41, 5.74) is 0. The Labute approximate surface area is 311 Å². The second kappa shape index (κ2) is 41.3. The number of ether oxygens (including phenoxy) is 1. The van der Waals surface area contributed by atoms with Crippen LogP contribution in [0, 0.1) is 0 Å². The molecule has 0 saturated carbocycles. The molecule has 0 fully saturated rings. The Hall–Kier alpha value is -2.10. The van der Waals surface area contributed by atoms with E-state index in [1.54, 1.807) is 0 Å². The van der Waals surface area contributed by atoms with Crippen LogP contribution >= 0.6 is 0 Å². The zero-order valence-corrected chi connectivity index (χ0v) is 33.2. The summed E-state index contributed by atoms with van der Waals surface area (Å²) in [7, 11) is 0. The topological polar surface area (TPSA) is 63.6 Å². The quantitative estimate of drug-likeness (QED) is 0.0394. The van der Waals surface area contributed by atoms with Gasteiger partial charge in [-0.3, -0.25) is 9.59 Å². The smallest absolute Gasteiger partial charge is 0.306 e. The van der Waals surface area contributed by atoms with Gasteiger partial charge in [0.05, 0.1) is 0 Å². The van der Waals surface area contributed by atoms with Crippen LogP contribution in [-0.2, 0) is 14.3 Å². The molecule has 0 radical (unpaired) electrons. The maximum Gasteiger partial charge on any atom is 0.306 e. The van der Waals surface area contributed by atoms with Crippen molar-refractivity contribution in [3.8, 4) is 0 Å². The number of carbonyl (C=O) groups excluding carboxylic acids is 1. The number of aliphatic carboxylic acids is 1. The van der Waals surface area contributed by atoms with Crippen molar-refractivity contribution in [1.82, 2.24) is 0 Å². The molecule has 1 atom stereocenters. The van der Waals surface area contributed by atoms with Crippen molar-refractivity contribution in [3.05, 3.63) is 48.6 Å². The number of unbranched alkanes of at least 4 members (excludes halogenated alkanes) is 22. The Morgan fingerprint density at radius 3 is 1.24 bits per heavy atom. The zero-order valence-electron chi connectivity index (χ0n) is 33.2. The van der Waals surface area contributed by atoms with Gasteiger partial charge in [0.1, 0.15) is 6.10 Å². The summed E-state index contributed by atoms with van der Waals surface area (Å²) in [4.78, 5) is 23.4. The van der Waals surface area contributed by atoms with Gasteiger partial charge in [0.15, 0.2) is 0 Å². The van der Waals surface area contributed by atoms with E-state index in [0.717, 1.165) is 83.5 Å². The third-order valence-electron chi connectivity index (χ3n) is 9.55. The highest BCUT2D eigenvalue weighted by Crippen LogP contribution is 2.19. The Balaban J connectivity index is 4.03. The van der Waals surface area contributed by atoms with Crippen LogP contribution in [0.25, 0.3) is 0 Å². The first kappa shape index (κ1) is 47.9. The second-order valence-corrected chi connectivity index (χ2v) is 14.5. The summed E-state index contributed by atoms with van der Waals surface area (Å²) in [5, 5.41) is 8.77. The number of carboxylic acid groups (broad SMARTS) is 1. The molecule has 0 spiro atoms. The van der Waals surface area contributed by atoms with E-state index in [0.29, 0.717) is 12.8 Å².